The molecule has 0 bridgehead atoms. The van der Waals surface area contributed by atoms with Crippen molar-refractivity contribution < 1.29 is 4.79 Å². The minimum atomic E-state index is -0.0667. The van der Waals surface area contributed by atoms with Crippen LogP contribution in [0.5, 0.6) is 0 Å². The largest absolute Gasteiger partial charge is 0.352 e. The van der Waals surface area contributed by atoms with Gasteiger partial charge in [0.2, 0.25) is 0 Å². The Morgan fingerprint density at radius 3 is 2.81 bits per heavy atom. The van der Waals surface area contributed by atoms with Crippen molar-refractivity contribution in [3.63, 3.8) is 0 Å². The second-order valence-corrected chi connectivity index (χ2v) is 4.08. The smallest absolute Gasteiger partial charge is 0.252 e. The second kappa shape index (κ2) is 4.94. The molecule has 0 saturated heterocycles. The lowest BCUT2D eigenvalue weighted by Gasteiger charge is -2.25. The molecular weight excluding hydrogens is 204 g/mol. The molecule has 5 heteroatoms. The van der Waals surface area contributed by atoms with Gasteiger partial charge in [0.15, 0.2) is 0 Å². The fourth-order valence-electron chi connectivity index (χ4n) is 1.65. The van der Waals surface area contributed by atoms with Crippen molar-refractivity contribution in [1.29, 1.82) is 0 Å². The summed E-state index contributed by atoms with van der Waals surface area (Å²) in [5.74, 6) is 6.34. The van der Waals surface area contributed by atoms with Crippen LogP contribution in [0.4, 0.5) is 5.82 Å². The number of carbonyl (C=O) groups excluding carboxylic acids is 1. The van der Waals surface area contributed by atoms with Crippen LogP contribution >= 0.6 is 0 Å². The van der Waals surface area contributed by atoms with Crippen LogP contribution in [0.25, 0.3) is 0 Å². The average Bonchev–Trinajstić information content (AvgIpc) is 2.27. The first-order valence-corrected chi connectivity index (χ1v) is 5.50. The van der Waals surface area contributed by atoms with Crippen LogP contribution in [-0.4, -0.2) is 17.4 Å². The molecule has 1 aromatic rings. The average molecular weight is 220 g/mol. The molecule has 0 aliphatic heterocycles. The summed E-state index contributed by atoms with van der Waals surface area (Å²) in [5, 5.41) is 2.91. The second-order valence-electron chi connectivity index (χ2n) is 4.08. The zero-order valence-electron chi connectivity index (χ0n) is 9.07. The fraction of sp³-hybridized carbons (Fsp3) is 0.455. The highest BCUT2D eigenvalue weighted by molar-refractivity contribution is 5.94. The van der Waals surface area contributed by atoms with Crippen LogP contribution in [0.3, 0.4) is 0 Å². The van der Waals surface area contributed by atoms with E-state index in [1.54, 1.807) is 12.1 Å². The number of nitrogens with zero attached hydrogens (tertiary/aromatic N) is 1. The third-order valence-corrected chi connectivity index (χ3v) is 2.95. The molecule has 1 saturated carbocycles. The van der Waals surface area contributed by atoms with Crippen LogP contribution in [-0.2, 0) is 0 Å². The standard InChI is InChI=1S/C11H16N4O/c12-15-10-5-4-9(7-13-10)11(16)14-6-8-2-1-3-8/h4-5,7-8H,1-3,6,12H2,(H,13,15)(H,14,16). The van der Waals surface area contributed by atoms with E-state index in [2.05, 4.69) is 15.7 Å². The van der Waals surface area contributed by atoms with Gasteiger partial charge in [-0.05, 0) is 30.9 Å². The highest BCUT2D eigenvalue weighted by Gasteiger charge is 2.18. The summed E-state index contributed by atoms with van der Waals surface area (Å²) < 4.78 is 0. The first kappa shape index (κ1) is 10.9. The van der Waals surface area contributed by atoms with Crippen molar-refractivity contribution in [3.05, 3.63) is 23.9 Å². The summed E-state index contributed by atoms with van der Waals surface area (Å²) in [7, 11) is 0. The zero-order valence-corrected chi connectivity index (χ0v) is 9.07. The van der Waals surface area contributed by atoms with E-state index in [4.69, 9.17) is 5.84 Å². The topological polar surface area (TPSA) is 80.0 Å². The Bertz CT molecular complexity index is 359. The Morgan fingerprint density at radius 2 is 2.31 bits per heavy atom. The molecule has 16 heavy (non-hydrogen) atoms. The lowest BCUT2D eigenvalue weighted by molar-refractivity contribution is 0.0939. The predicted molar refractivity (Wildman–Crippen MR) is 61.7 cm³/mol. The SMILES string of the molecule is NNc1ccc(C(=O)NCC2CCC2)cn1. The third-order valence-electron chi connectivity index (χ3n) is 2.95. The van der Waals surface area contributed by atoms with Gasteiger partial charge in [-0.1, -0.05) is 6.42 Å². The summed E-state index contributed by atoms with van der Waals surface area (Å²) in [6.45, 7) is 0.774. The fourth-order valence-corrected chi connectivity index (χ4v) is 1.65. The molecular formula is C11H16N4O. The van der Waals surface area contributed by atoms with Crippen LogP contribution in [0.15, 0.2) is 18.3 Å². The van der Waals surface area contributed by atoms with Crippen molar-refractivity contribution in [3.8, 4) is 0 Å². The van der Waals surface area contributed by atoms with Gasteiger partial charge in [0.1, 0.15) is 5.82 Å². The van der Waals surface area contributed by atoms with E-state index in [1.807, 2.05) is 0 Å². The Morgan fingerprint density at radius 1 is 1.50 bits per heavy atom. The molecule has 1 aliphatic rings. The molecule has 5 nitrogen and oxygen atoms in total. The number of pyridine rings is 1. The van der Waals surface area contributed by atoms with Gasteiger partial charge in [0.05, 0.1) is 5.56 Å². The summed E-state index contributed by atoms with van der Waals surface area (Å²) in [4.78, 5) is 15.7. The van der Waals surface area contributed by atoms with Gasteiger partial charge >= 0.3 is 0 Å². The normalized spacial score (nSPS) is 15.3. The maximum Gasteiger partial charge on any atom is 0.252 e. The number of hydrazine groups is 1. The molecule has 2 rings (SSSR count). The van der Waals surface area contributed by atoms with Crippen LogP contribution in [0.2, 0.25) is 0 Å². The lowest BCUT2D eigenvalue weighted by atomic mass is 9.85. The first-order valence-electron chi connectivity index (χ1n) is 5.50. The Balaban J connectivity index is 1.86. The first-order chi connectivity index (χ1) is 7.79. The highest BCUT2D eigenvalue weighted by Crippen LogP contribution is 2.25. The summed E-state index contributed by atoms with van der Waals surface area (Å²) in [5.41, 5.74) is 2.99. The zero-order chi connectivity index (χ0) is 11.4. The Kier molecular flexibility index (Phi) is 3.36. The van der Waals surface area contributed by atoms with Gasteiger partial charge in [-0.2, -0.15) is 0 Å². The van der Waals surface area contributed by atoms with Crippen molar-refractivity contribution in [1.82, 2.24) is 10.3 Å². The summed E-state index contributed by atoms with van der Waals surface area (Å²) >= 11 is 0. The molecule has 1 aromatic heterocycles. The molecule has 0 atom stereocenters. The van der Waals surface area contributed by atoms with E-state index < -0.39 is 0 Å². The maximum atomic E-state index is 11.7. The number of carbonyl (C=O) groups is 1. The molecule has 0 radical (unpaired) electrons. The number of nitrogens with one attached hydrogen (secondary N) is 2. The molecule has 0 spiro atoms. The van der Waals surface area contributed by atoms with Crippen molar-refractivity contribution >= 4 is 11.7 Å². The number of hydrogen-bond acceptors (Lipinski definition) is 4. The van der Waals surface area contributed by atoms with E-state index in [-0.39, 0.29) is 5.91 Å². The van der Waals surface area contributed by atoms with Gasteiger partial charge < -0.3 is 10.7 Å². The van der Waals surface area contributed by atoms with Crippen molar-refractivity contribution in [2.75, 3.05) is 12.0 Å². The predicted octanol–water partition coefficient (Wildman–Crippen LogP) is 0.897. The Hall–Kier alpha value is -1.62. The Labute approximate surface area is 94.4 Å². The van der Waals surface area contributed by atoms with Gasteiger partial charge in [0, 0.05) is 12.7 Å². The van der Waals surface area contributed by atoms with E-state index in [1.165, 1.54) is 25.5 Å². The summed E-state index contributed by atoms with van der Waals surface area (Å²) in [6.07, 6.45) is 5.27. The quantitative estimate of drug-likeness (QED) is 0.520. The summed E-state index contributed by atoms with van der Waals surface area (Å²) in [6, 6.07) is 3.39. The molecule has 0 aromatic carbocycles. The van der Waals surface area contributed by atoms with Crippen LogP contribution < -0.4 is 16.6 Å². The number of aromatic nitrogens is 1. The monoisotopic (exact) mass is 220 g/mol. The van der Waals surface area contributed by atoms with Crippen molar-refractivity contribution in [2.24, 2.45) is 11.8 Å². The van der Waals surface area contributed by atoms with E-state index in [0.717, 1.165) is 6.54 Å². The van der Waals surface area contributed by atoms with Gasteiger partial charge in [0.25, 0.3) is 5.91 Å². The third kappa shape index (κ3) is 2.49. The minimum absolute atomic E-state index is 0.0667. The molecule has 1 heterocycles. The molecule has 1 fully saturated rings. The van der Waals surface area contributed by atoms with Crippen molar-refractivity contribution in [2.45, 2.75) is 19.3 Å². The van der Waals surface area contributed by atoms with Gasteiger partial charge in [-0.25, -0.2) is 10.8 Å². The maximum absolute atomic E-state index is 11.7. The van der Waals surface area contributed by atoms with Gasteiger partial charge in [-0.15, -0.1) is 0 Å². The number of amides is 1. The number of hydrogen-bond donors (Lipinski definition) is 3. The molecule has 1 aliphatic carbocycles. The van der Waals surface area contributed by atoms with Crippen LogP contribution in [0, 0.1) is 5.92 Å². The molecule has 1 amide bonds. The molecule has 4 N–H and O–H groups in total. The number of rotatable bonds is 4. The highest BCUT2D eigenvalue weighted by atomic mass is 16.1. The number of nitrogen functional groups attached to an aromatic ring is 1. The van der Waals surface area contributed by atoms with E-state index >= 15 is 0 Å². The number of nitrogens with two attached hydrogens (primary N) is 1. The lowest BCUT2D eigenvalue weighted by Crippen LogP contribution is -2.32. The molecule has 86 valence electrons. The number of anilines is 1. The van der Waals surface area contributed by atoms with E-state index in [9.17, 15) is 4.79 Å². The minimum Gasteiger partial charge on any atom is -0.352 e. The molecule has 0 unspecified atom stereocenters. The van der Waals surface area contributed by atoms with E-state index in [0.29, 0.717) is 17.3 Å². The van der Waals surface area contributed by atoms with Crippen LogP contribution in [0.1, 0.15) is 29.6 Å². The van der Waals surface area contributed by atoms with Gasteiger partial charge in [-0.3, -0.25) is 4.79 Å².